The molecule has 0 spiro atoms. The van der Waals surface area contributed by atoms with Crippen LogP contribution in [0.1, 0.15) is 28.3 Å². The molecule has 1 fully saturated rings. The standard InChI is InChI=1S/C19H19ClN2O3/c20-17-4-2-1-3-14(17)15-11-16(15)19(25)22-10-9-21-18(24)12-5-7-13(23)8-6-12/h1-8,15-16,23H,9-11H2,(H,21,24)(H,22,25)/t15-,16-/m1/s1. The van der Waals surface area contributed by atoms with Gasteiger partial charge >= 0.3 is 0 Å². The summed E-state index contributed by atoms with van der Waals surface area (Å²) in [4.78, 5) is 24.1. The van der Waals surface area contributed by atoms with Crippen molar-refractivity contribution in [3.8, 4) is 5.75 Å². The van der Waals surface area contributed by atoms with Gasteiger partial charge in [-0.3, -0.25) is 9.59 Å². The number of hydrogen-bond acceptors (Lipinski definition) is 3. The van der Waals surface area contributed by atoms with E-state index in [1.54, 1.807) is 12.1 Å². The number of carbonyl (C=O) groups is 2. The molecule has 0 heterocycles. The molecule has 0 aliphatic heterocycles. The zero-order chi connectivity index (χ0) is 17.8. The largest absolute Gasteiger partial charge is 0.508 e. The molecule has 0 aromatic heterocycles. The number of hydrogen-bond donors (Lipinski definition) is 3. The van der Waals surface area contributed by atoms with Crippen molar-refractivity contribution >= 4 is 23.4 Å². The smallest absolute Gasteiger partial charge is 0.251 e. The second kappa shape index (κ2) is 7.57. The minimum atomic E-state index is -0.241. The van der Waals surface area contributed by atoms with E-state index in [2.05, 4.69) is 10.6 Å². The van der Waals surface area contributed by atoms with Crippen molar-refractivity contribution in [2.75, 3.05) is 13.1 Å². The average molecular weight is 359 g/mol. The van der Waals surface area contributed by atoms with Crippen molar-refractivity contribution in [3.63, 3.8) is 0 Å². The van der Waals surface area contributed by atoms with E-state index in [4.69, 9.17) is 11.6 Å². The van der Waals surface area contributed by atoms with Crippen molar-refractivity contribution in [3.05, 3.63) is 64.7 Å². The van der Waals surface area contributed by atoms with Crippen LogP contribution >= 0.6 is 11.6 Å². The summed E-state index contributed by atoms with van der Waals surface area (Å²) in [5, 5.41) is 15.5. The molecule has 1 aliphatic carbocycles. The van der Waals surface area contributed by atoms with E-state index in [0.717, 1.165) is 12.0 Å². The molecule has 0 radical (unpaired) electrons. The molecule has 3 N–H and O–H groups in total. The molecular weight excluding hydrogens is 340 g/mol. The van der Waals surface area contributed by atoms with Gasteiger partial charge in [-0.2, -0.15) is 0 Å². The first-order valence-electron chi connectivity index (χ1n) is 8.15. The van der Waals surface area contributed by atoms with E-state index in [1.807, 2.05) is 24.3 Å². The fourth-order valence-corrected chi connectivity index (χ4v) is 3.09. The third-order valence-electron chi connectivity index (χ3n) is 4.27. The summed E-state index contributed by atoms with van der Waals surface area (Å²) in [7, 11) is 0. The zero-order valence-electron chi connectivity index (χ0n) is 13.5. The number of aromatic hydroxyl groups is 1. The number of carbonyl (C=O) groups excluding carboxylic acids is 2. The molecule has 2 atom stereocenters. The lowest BCUT2D eigenvalue weighted by Crippen LogP contribution is -2.35. The number of halogens is 1. The minimum Gasteiger partial charge on any atom is -0.508 e. The third-order valence-corrected chi connectivity index (χ3v) is 4.62. The Morgan fingerprint density at radius 3 is 2.44 bits per heavy atom. The van der Waals surface area contributed by atoms with E-state index in [0.29, 0.717) is 23.7 Å². The van der Waals surface area contributed by atoms with Gasteiger partial charge in [-0.1, -0.05) is 29.8 Å². The lowest BCUT2D eigenvalue weighted by Gasteiger charge is -2.08. The van der Waals surface area contributed by atoms with Crippen LogP contribution in [0.5, 0.6) is 5.75 Å². The summed E-state index contributed by atoms with van der Waals surface area (Å²) >= 11 is 6.16. The molecular formula is C19H19ClN2O3. The Kier molecular flexibility index (Phi) is 5.24. The molecule has 2 aromatic carbocycles. The third kappa shape index (κ3) is 4.31. The van der Waals surface area contributed by atoms with Gasteiger partial charge in [-0.15, -0.1) is 0 Å². The van der Waals surface area contributed by atoms with Crippen LogP contribution in [0.4, 0.5) is 0 Å². The van der Waals surface area contributed by atoms with Crippen molar-refractivity contribution in [1.29, 1.82) is 0 Å². The lowest BCUT2D eigenvalue weighted by molar-refractivity contribution is -0.122. The molecule has 0 saturated heterocycles. The summed E-state index contributed by atoms with van der Waals surface area (Å²) in [5.41, 5.74) is 1.48. The molecule has 1 saturated carbocycles. The molecule has 25 heavy (non-hydrogen) atoms. The number of phenols is 1. The highest BCUT2D eigenvalue weighted by Gasteiger charge is 2.44. The molecule has 3 rings (SSSR count). The van der Waals surface area contributed by atoms with Crippen molar-refractivity contribution in [1.82, 2.24) is 10.6 Å². The fraction of sp³-hybridized carbons (Fsp3) is 0.263. The molecule has 130 valence electrons. The van der Waals surface area contributed by atoms with E-state index >= 15 is 0 Å². The van der Waals surface area contributed by atoms with Gasteiger partial charge in [0, 0.05) is 29.6 Å². The predicted octanol–water partition coefficient (Wildman–Crippen LogP) is 2.70. The van der Waals surface area contributed by atoms with Crippen LogP contribution in [-0.2, 0) is 4.79 Å². The molecule has 0 unspecified atom stereocenters. The molecule has 6 heteroatoms. The van der Waals surface area contributed by atoms with Crippen LogP contribution in [0.25, 0.3) is 0 Å². The summed E-state index contributed by atoms with van der Waals surface area (Å²) in [6.45, 7) is 0.712. The molecule has 5 nitrogen and oxygen atoms in total. The normalized spacial score (nSPS) is 18.4. The maximum Gasteiger partial charge on any atom is 0.251 e. The van der Waals surface area contributed by atoms with Crippen LogP contribution < -0.4 is 10.6 Å². The number of amides is 2. The van der Waals surface area contributed by atoms with Gasteiger partial charge in [-0.25, -0.2) is 0 Å². The first-order valence-corrected chi connectivity index (χ1v) is 8.53. The maximum absolute atomic E-state index is 12.2. The maximum atomic E-state index is 12.2. The first-order chi connectivity index (χ1) is 12.1. The van der Waals surface area contributed by atoms with Gasteiger partial charge in [0.1, 0.15) is 5.75 Å². The molecule has 0 bridgehead atoms. The zero-order valence-corrected chi connectivity index (χ0v) is 14.3. The number of phenolic OH excluding ortho intramolecular Hbond substituents is 1. The Bertz CT molecular complexity index is 776. The second-order valence-electron chi connectivity index (χ2n) is 6.06. The van der Waals surface area contributed by atoms with Gasteiger partial charge in [0.15, 0.2) is 0 Å². The Hall–Kier alpha value is -2.53. The number of rotatable bonds is 6. The van der Waals surface area contributed by atoms with Gasteiger partial charge < -0.3 is 15.7 Å². The summed E-state index contributed by atoms with van der Waals surface area (Å²) in [6.07, 6.45) is 0.801. The van der Waals surface area contributed by atoms with E-state index in [9.17, 15) is 14.7 Å². The Morgan fingerprint density at radius 2 is 1.72 bits per heavy atom. The average Bonchev–Trinajstić information content (AvgIpc) is 3.40. The molecule has 2 amide bonds. The highest BCUT2D eigenvalue weighted by Crippen LogP contribution is 2.49. The Labute approximate surface area is 151 Å². The molecule has 2 aromatic rings. The highest BCUT2D eigenvalue weighted by molar-refractivity contribution is 6.31. The van der Waals surface area contributed by atoms with Gasteiger partial charge in [0.25, 0.3) is 5.91 Å². The van der Waals surface area contributed by atoms with E-state index in [-0.39, 0.29) is 29.4 Å². The van der Waals surface area contributed by atoms with Crippen LogP contribution in [0, 0.1) is 5.92 Å². The minimum absolute atomic E-state index is 0.0104. The van der Waals surface area contributed by atoms with E-state index in [1.165, 1.54) is 12.1 Å². The quantitative estimate of drug-likeness (QED) is 0.695. The monoisotopic (exact) mass is 358 g/mol. The summed E-state index contributed by atoms with van der Waals surface area (Å²) < 4.78 is 0. The van der Waals surface area contributed by atoms with E-state index < -0.39 is 0 Å². The first kappa shape index (κ1) is 17.3. The van der Waals surface area contributed by atoms with Gasteiger partial charge in [-0.05, 0) is 48.2 Å². The highest BCUT2D eigenvalue weighted by atomic mass is 35.5. The molecule has 1 aliphatic rings. The van der Waals surface area contributed by atoms with Crippen molar-refractivity contribution in [2.45, 2.75) is 12.3 Å². The van der Waals surface area contributed by atoms with Gasteiger partial charge in [0.2, 0.25) is 5.91 Å². The van der Waals surface area contributed by atoms with Crippen molar-refractivity contribution in [2.24, 2.45) is 5.92 Å². The Morgan fingerprint density at radius 1 is 1.04 bits per heavy atom. The van der Waals surface area contributed by atoms with Crippen molar-refractivity contribution < 1.29 is 14.7 Å². The summed E-state index contributed by atoms with van der Waals surface area (Å²) in [6, 6.07) is 13.6. The Balaban J connectivity index is 1.40. The summed E-state index contributed by atoms with van der Waals surface area (Å²) in [5.74, 6) is -0.00674. The van der Waals surface area contributed by atoms with Crippen LogP contribution in [0.3, 0.4) is 0 Å². The van der Waals surface area contributed by atoms with Crippen LogP contribution in [0.15, 0.2) is 48.5 Å². The fourth-order valence-electron chi connectivity index (χ4n) is 2.81. The van der Waals surface area contributed by atoms with Gasteiger partial charge in [0.05, 0.1) is 0 Å². The second-order valence-corrected chi connectivity index (χ2v) is 6.47. The topological polar surface area (TPSA) is 78.4 Å². The number of nitrogens with one attached hydrogen (secondary N) is 2. The van der Waals surface area contributed by atoms with Crippen LogP contribution in [0.2, 0.25) is 5.02 Å². The van der Waals surface area contributed by atoms with Crippen LogP contribution in [-0.4, -0.2) is 30.0 Å². The lowest BCUT2D eigenvalue weighted by atomic mass is 10.1. The predicted molar refractivity (Wildman–Crippen MR) is 95.7 cm³/mol. The number of benzene rings is 2. The SMILES string of the molecule is O=C(NCCNC(=O)[C@@H]1C[C@@H]1c1ccccc1Cl)c1ccc(O)cc1.